The van der Waals surface area contributed by atoms with Gasteiger partial charge in [0.25, 0.3) is 0 Å². The maximum atomic E-state index is 11.8. The summed E-state index contributed by atoms with van der Waals surface area (Å²) in [7, 11) is 1.74. The van der Waals surface area contributed by atoms with Crippen LogP contribution in [0.2, 0.25) is 0 Å². The van der Waals surface area contributed by atoms with Crippen LogP contribution in [0.4, 0.5) is 5.69 Å². The lowest BCUT2D eigenvalue weighted by Gasteiger charge is -2.26. The van der Waals surface area contributed by atoms with E-state index in [1.165, 1.54) is 5.56 Å². The highest BCUT2D eigenvalue weighted by atomic mass is 127. The summed E-state index contributed by atoms with van der Waals surface area (Å²) in [6.45, 7) is 5.00. The fourth-order valence-electron chi connectivity index (χ4n) is 2.71. The highest BCUT2D eigenvalue weighted by Gasteiger charge is 2.24. The molecular weight excluding hydrogens is 431 g/mol. The number of nitrogens with one attached hydrogen (secondary N) is 3. The summed E-state index contributed by atoms with van der Waals surface area (Å²) in [5.41, 5.74) is 2.08. The number of hydrogen-bond acceptors (Lipinski definition) is 3. The van der Waals surface area contributed by atoms with E-state index < -0.39 is 0 Å². The number of carbonyl (C=O) groups excluding carboxylic acids is 1. The fraction of sp³-hybridized carbons (Fsp3) is 0.556. The van der Waals surface area contributed by atoms with Gasteiger partial charge in [0.1, 0.15) is 0 Å². The Hall–Kier alpha value is -1.35. The van der Waals surface area contributed by atoms with E-state index in [0.717, 1.165) is 31.1 Å². The second-order valence-electron chi connectivity index (χ2n) is 5.88. The van der Waals surface area contributed by atoms with Crippen LogP contribution in [-0.4, -0.2) is 45.2 Å². The Balaban J connectivity index is 0.00000312. The van der Waals surface area contributed by atoms with E-state index in [-0.39, 0.29) is 35.8 Å². The van der Waals surface area contributed by atoms with Crippen LogP contribution in [0.3, 0.4) is 0 Å². The van der Waals surface area contributed by atoms with Crippen molar-refractivity contribution < 1.29 is 9.53 Å². The first-order valence-corrected chi connectivity index (χ1v) is 8.65. The average Bonchev–Trinajstić information content (AvgIpc) is 2.60. The van der Waals surface area contributed by atoms with Gasteiger partial charge < -0.3 is 20.7 Å². The number of aliphatic imine (C=N–C) groups is 1. The van der Waals surface area contributed by atoms with Gasteiger partial charge in [-0.2, -0.15) is 0 Å². The number of anilines is 1. The minimum absolute atomic E-state index is 0. The zero-order valence-electron chi connectivity index (χ0n) is 15.0. The van der Waals surface area contributed by atoms with E-state index in [2.05, 4.69) is 33.9 Å². The van der Waals surface area contributed by atoms with Crippen LogP contribution < -0.4 is 16.0 Å². The van der Waals surface area contributed by atoms with E-state index in [1.54, 1.807) is 7.05 Å². The first-order valence-electron chi connectivity index (χ1n) is 8.65. The summed E-state index contributed by atoms with van der Waals surface area (Å²) >= 11 is 0. The average molecular weight is 460 g/mol. The minimum atomic E-state index is 0. The Morgan fingerprint density at radius 2 is 2.12 bits per heavy atom. The van der Waals surface area contributed by atoms with Crippen molar-refractivity contribution in [1.82, 2.24) is 10.6 Å². The molecule has 140 valence electrons. The fourth-order valence-corrected chi connectivity index (χ4v) is 2.71. The summed E-state index contributed by atoms with van der Waals surface area (Å²) in [6.07, 6.45) is 2.73. The smallest absolute Gasteiger partial charge is 0.225 e. The van der Waals surface area contributed by atoms with E-state index in [1.807, 2.05) is 18.2 Å². The van der Waals surface area contributed by atoms with Crippen molar-refractivity contribution >= 4 is 41.5 Å². The summed E-state index contributed by atoms with van der Waals surface area (Å²) in [6, 6.07) is 7.96. The topological polar surface area (TPSA) is 74.8 Å². The van der Waals surface area contributed by atoms with Crippen molar-refractivity contribution in [2.24, 2.45) is 4.99 Å². The van der Waals surface area contributed by atoms with E-state index in [9.17, 15) is 4.79 Å². The van der Waals surface area contributed by atoms with Gasteiger partial charge in [-0.1, -0.05) is 31.5 Å². The van der Waals surface area contributed by atoms with Crippen molar-refractivity contribution in [2.75, 3.05) is 38.7 Å². The summed E-state index contributed by atoms with van der Waals surface area (Å²) in [4.78, 5) is 16.1. The standard InChI is InChI=1S/C18H28N4O2.HI/c1-3-4-10-24-11-9-20-18(19-2)21-13-14-12-17(23)22-16-8-6-5-7-15(14)16;/h5-8,14H,3-4,9-13H2,1-2H3,(H,22,23)(H2,19,20,21);1H. The second kappa shape index (κ2) is 12.1. The molecule has 7 heteroatoms. The predicted octanol–water partition coefficient (Wildman–Crippen LogP) is 2.71. The molecule has 2 rings (SSSR count). The van der Waals surface area contributed by atoms with Gasteiger partial charge in [-0.05, 0) is 18.1 Å². The molecular formula is C18H29IN4O2. The van der Waals surface area contributed by atoms with Crippen LogP contribution >= 0.6 is 24.0 Å². The molecule has 1 aromatic carbocycles. The molecule has 0 radical (unpaired) electrons. The first-order chi connectivity index (χ1) is 11.7. The number of ether oxygens (including phenoxy) is 1. The van der Waals surface area contributed by atoms with Crippen molar-refractivity contribution in [3.63, 3.8) is 0 Å². The molecule has 1 amide bonds. The molecule has 0 saturated heterocycles. The maximum Gasteiger partial charge on any atom is 0.225 e. The Kier molecular flexibility index (Phi) is 10.5. The number of benzene rings is 1. The van der Waals surface area contributed by atoms with Crippen molar-refractivity contribution in [2.45, 2.75) is 32.1 Å². The minimum Gasteiger partial charge on any atom is -0.380 e. The number of rotatable bonds is 8. The highest BCUT2D eigenvalue weighted by Crippen LogP contribution is 2.31. The molecule has 0 fully saturated rings. The lowest BCUT2D eigenvalue weighted by atomic mass is 9.90. The molecule has 3 N–H and O–H groups in total. The van der Waals surface area contributed by atoms with Gasteiger partial charge in [0, 0.05) is 44.8 Å². The van der Waals surface area contributed by atoms with Crippen molar-refractivity contribution in [3.8, 4) is 0 Å². The van der Waals surface area contributed by atoms with Gasteiger partial charge in [-0.3, -0.25) is 9.79 Å². The van der Waals surface area contributed by atoms with Gasteiger partial charge in [-0.15, -0.1) is 24.0 Å². The zero-order chi connectivity index (χ0) is 17.2. The first kappa shape index (κ1) is 21.7. The number of nitrogens with zero attached hydrogens (tertiary/aromatic N) is 1. The van der Waals surface area contributed by atoms with Crippen molar-refractivity contribution in [1.29, 1.82) is 0 Å². The van der Waals surface area contributed by atoms with Gasteiger partial charge in [-0.25, -0.2) is 0 Å². The van der Waals surface area contributed by atoms with Crippen LogP contribution in [-0.2, 0) is 9.53 Å². The monoisotopic (exact) mass is 460 g/mol. The molecule has 0 spiro atoms. The molecule has 6 nitrogen and oxygen atoms in total. The number of fused-ring (bicyclic) bond motifs is 1. The number of halogens is 1. The summed E-state index contributed by atoms with van der Waals surface area (Å²) < 4.78 is 5.53. The molecule has 25 heavy (non-hydrogen) atoms. The molecule has 1 aliphatic heterocycles. The molecule has 1 aromatic rings. The number of carbonyl (C=O) groups is 1. The van der Waals surface area contributed by atoms with Crippen LogP contribution in [0.15, 0.2) is 29.3 Å². The second-order valence-corrected chi connectivity index (χ2v) is 5.88. The SMILES string of the molecule is CCCCOCCNC(=NC)NCC1CC(=O)Nc2ccccc21.I. The highest BCUT2D eigenvalue weighted by molar-refractivity contribution is 14.0. The number of hydrogen-bond donors (Lipinski definition) is 3. The third-order valence-electron chi connectivity index (χ3n) is 4.03. The Labute approximate surface area is 167 Å². The van der Waals surface area contributed by atoms with E-state index in [4.69, 9.17) is 4.74 Å². The van der Waals surface area contributed by atoms with Crippen LogP contribution in [0.5, 0.6) is 0 Å². The maximum absolute atomic E-state index is 11.8. The van der Waals surface area contributed by atoms with Gasteiger partial charge in [0.15, 0.2) is 5.96 Å². The quantitative estimate of drug-likeness (QED) is 0.242. The third kappa shape index (κ3) is 7.19. The van der Waals surface area contributed by atoms with Gasteiger partial charge in [0.2, 0.25) is 5.91 Å². The molecule has 1 unspecified atom stereocenters. The lowest BCUT2D eigenvalue weighted by molar-refractivity contribution is -0.116. The number of amides is 1. The molecule has 1 aliphatic rings. The normalized spacial score (nSPS) is 16.5. The van der Waals surface area contributed by atoms with Crippen molar-refractivity contribution in [3.05, 3.63) is 29.8 Å². The molecule has 0 saturated carbocycles. The summed E-state index contributed by atoms with van der Waals surface area (Å²) in [5, 5.41) is 9.46. The molecule has 0 bridgehead atoms. The van der Waals surface area contributed by atoms with Crippen LogP contribution in [0.25, 0.3) is 0 Å². The predicted molar refractivity (Wildman–Crippen MR) is 113 cm³/mol. The largest absolute Gasteiger partial charge is 0.380 e. The number of guanidine groups is 1. The van der Waals surface area contributed by atoms with Gasteiger partial charge in [0.05, 0.1) is 6.61 Å². The number of unbranched alkanes of at least 4 members (excludes halogenated alkanes) is 1. The Morgan fingerprint density at radius 3 is 2.88 bits per heavy atom. The van der Waals surface area contributed by atoms with E-state index in [0.29, 0.717) is 26.1 Å². The number of para-hydroxylation sites is 1. The Morgan fingerprint density at radius 1 is 1.32 bits per heavy atom. The lowest BCUT2D eigenvalue weighted by Crippen LogP contribution is -2.41. The molecule has 1 heterocycles. The molecule has 0 aliphatic carbocycles. The molecule has 1 atom stereocenters. The molecule has 0 aromatic heterocycles. The van der Waals surface area contributed by atoms with Gasteiger partial charge >= 0.3 is 0 Å². The summed E-state index contributed by atoms with van der Waals surface area (Å²) in [5.74, 6) is 0.944. The van der Waals surface area contributed by atoms with Crippen LogP contribution in [0.1, 0.15) is 37.7 Å². The third-order valence-corrected chi connectivity index (χ3v) is 4.03. The van der Waals surface area contributed by atoms with Crippen LogP contribution in [0, 0.1) is 0 Å². The zero-order valence-corrected chi connectivity index (χ0v) is 17.3. The van der Waals surface area contributed by atoms with E-state index >= 15 is 0 Å². The Bertz CT molecular complexity index is 566.